The molecule has 1 aliphatic heterocycles. The van der Waals surface area contributed by atoms with Crippen molar-refractivity contribution in [1.82, 2.24) is 4.98 Å². The Morgan fingerprint density at radius 1 is 1.26 bits per heavy atom. The number of nitrogens with zero attached hydrogens (tertiary/aromatic N) is 2. The van der Waals surface area contributed by atoms with E-state index in [4.69, 9.17) is 11.6 Å². The fraction of sp³-hybridized carbons (Fsp3) is 0.312. The predicted molar refractivity (Wildman–Crippen MR) is 79.7 cm³/mol. The molecular weight excluding hydrogens is 256 g/mol. The average molecular weight is 273 g/mol. The second kappa shape index (κ2) is 5.22. The molecule has 1 aromatic carbocycles. The number of hydrogen-bond acceptors (Lipinski definition) is 2. The van der Waals surface area contributed by atoms with Gasteiger partial charge in [-0.3, -0.25) is 4.98 Å². The van der Waals surface area contributed by atoms with Crippen molar-refractivity contribution in [1.29, 1.82) is 0 Å². The highest BCUT2D eigenvalue weighted by Gasteiger charge is 2.18. The molecule has 2 nitrogen and oxygen atoms in total. The summed E-state index contributed by atoms with van der Waals surface area (Å²) in [6, 6.07) is 10.8. The first-order valence-corrected chi connectivity index (χ1v) is 7.14. The Bertz CT molecular complexity index is 595. The van der Waals surface area contributed by atoms with Gasteiger partial charge in [-0.15, -0.1) is 11.6 Å². The van der Waals surface area contributed by atoms with Gasteiger partial charge in [-0.05, 0) is 30.5 Å². The zero-order valence-corrected chi connectivity index (χ0v) is 11.8. The Morgan fingerprint density at radius 2 is 2.05 bits per heavy atom. The van der Waals surface area contributed by atoms with Crippen LogP contribution in [0.1, 0.15) is 22.4 Å². The molecule has 0 unspecified atom stereocenters. The number of benzene rings is 1. The SMILES string of the molecule is Cc1cc(N2CCc3ccccc3C2)c(CCl)cn1. The van der Waals surface area contributed by atoms with E-state index in [1.54, 1.807) is 0 Å². The highest BCUT2D eigenvalue weighted by molar-refractivity contribution is 6.17. The molecule has 0 saturated heterocycles. The van der Waals surface area contributed by atoms with E-state index in [1.807, 2.05) is 13.1 Å². The fourth-order valence-corrected chi connectivity index (χ4v) is 2.88. The van der Waals surface area contributed by atoms with E-state index in [1.165, 1.54) is 16.8 Å². The molecule has 0 bridgehead atoms. The monoisotopic (exact) mass is 272 g/mol. The summed E-state index contributed by atoms with van der Waals surface area (Å²) in [6.07, 6.45) is 3.00. The molecular formula is C16H17ClN2. The van der Waals surface area contributed by atoms with Gasteiger partial charge >= 0.3 is 0 Å². The Labute approximate surface area is 119 Å². The lowest BCUT2D eigenvalue weighted by Gasteiger charge is -2.32. The summed E-state index contributed by atoms with van der Waals surface area (Å²) in [7, 11) is 0. The minimum absolute atomic E-state index is 0.515. The van der Waals surface area contributed by atoms with Crippen molar-refractivity contribution in [2.45, 2.75) is 25.8 Å². The summed E-state index contributed by atoms with van der Waals surface area (Å²) in [5, 5.41) is 0. The second-order valence-electron chi connectivity index (χ2n) is 5.03. The lowest BCUT2D eigenvalue weighted by Crippen LogP contribution is -2.31. The standard InChI is InChI=1S/C16H17ClN2/c1-12-8-16(15(9-17)10-18-12)19-7-6-13-4-2-3-5-14(13)11-19/h2-5,8,10H,6-7,9,11H2,1H3. The number of aryl methyl sites for hydroxylation is 1. The van der Waals surface area contributed by atoms with Gasteiger partial charge in [-0.2, -0.15) is 0 Å². The molecule has 0 amide bonds. The lowest BCUT2D eigenvalue weighted by atomic mass is 9.99. The molecule has 0 fully saturated rings. The molecule has 0 atom stereocenters. The van der Waals surface area contributed by atoms with Crippen molar-refractivity contribution in [3.8, 4) is 0 Å². The summed E-state index contributed by atoms with van der Waals surface area (Å²) < 4.78 is 0. The van der Waals surface area contributed by atoms with Crippen LogP contribution in [0.4, 0.5) is 5.69 Å². The molecule has 3 rings (SSSR count). The van der Waals surface area contributed by atoms with E-state index >= 15 is 0 Å². The molecule has 0 radical (unpaired) electrons. The van der Waals surface area contributed by atoms with Gasteiger partial charge in [-0.25, -0.2) is 0 Å². The zero-order valence-electron chi connectivity index (χ0n) is 11.1. The Kier molecular flexibility index (Phi) is 3.43. The number of rotatable bonds is 2. The van der Waals surface area contributed by atoms with E-state index in [-0.39, 0.29) is 0 Å². The number of alkyl halides is 1. The van der Waals surface area contributed by atoms with Crippen LogP contribution in [0.2, 0.25) is 0 Å². The van der Waals surface area contributed by atoms with Gasteiger partial charge in [0.2, 0.25) is 0 Å². The normalized spacial score (nSPS) is 14.3. The topological polar surface area (TPSA) is 16.1 Å². The van der Waals surface area contributed by atoms with E-state index in [2.05, 4.69) is 40.2 Å². The van der Waals surface area contributed by atoms with Crippen LogP contribution < -0.4 is 4.90 Å². The third-order valence-electron chi connectivity index (χ3n) is 3.71. The Hall–Kier alpha value is -1.54. The Balaban J connectivity index is 1.95. The van der Waals surface area contributed by atoms with Gasteiger partial charge in [0.15, 0.2) is 0 Å². The molecule has 0 N–H and O–H groups in total. The highest BCUT2D eigenvalue weighted by atomic mass is 35.5. The van der Waals surface area contributed by atoms with E-state index < -0.39 is 0 Å². The second-order valence-corrected chi connectivity index (χ2v) is 5.30. The number of fused-ring (bicyclic) bond motifs is 1. The van der Waals surface area contributed by atoms with Crippen LogP contribution in [0.3, 0.4) is 0 Å². The first-order valence-electron chi connectivity index (χ1n) is 6.61. The van der Waals surface area contributed by atoms with Crippen molar-refractivity contribution in [2.24, 2.45) is 0 Å². The van der Waals surface area contributed by atoms with Crippen LogP contribution in [-0.4, -0.2) is 11.5 Å². The molecule has 19 heavy (non-hydrogen) atoms. The molecule has 3 heteroatoms. The molecule has 98 valence electrons. The fourth-order valence-electron chi connectivity index (χ4n) is 2.67. The zero-order chi connectivity index (χ0) is 13.2. The minimum Gasteiger partial charge on any atom is -0.367 e. The van der Waals surface area contributed by atoms with Gasteiger partial charge < -0.3 is 4.90 Å². The van der Waals surface area contributed by atoms with Gasteiger partial charge in [0.1, 0.15) is 0 Å². The number of aromatic nitrogens is 1. The van der Waals surface area contributed by atoms with Crippen molar-refractivity contribution in [3.63, 3.8) is 0 Å². The van der Waals surface area contributed by atoms with Crippen LogP contribution in [-0.2, 0) is 18.8 Å². The van der Waals surface area contributed by atoms with Crippen LogP contribution in [0.15, 0.2) is 36.5 Å². The Morgan fingerprint density at radius 3 is 2.84 bits per heavy atom. The van der Waals surface area contributed by atoms with Gasteiger partial charge in [0, 0.05) is 36.2 Å². The summed E-state index contributed by atoms with van der Waals surface area (Å²) in [4.78, 5) is 6.75. The minimum atomic E-state index is 0.515. The maximum atomic E-state index is 6.04. The van der Waals surface area contributed by atoms with Crippen LogP contribution >= 0.6 is 11.6 Å². The summed E-state index contributed by atoms with van der Waals surface area (Å²) in [6.45, 7) is 4.03. The van der Waals surface area contributed by atoms with Gasteiger partial charge in [0.25, 0.3) is 0 Å². The van der Waals surface area contributed by atoms with Crippen LogP contribution in [0.25, 0.3) is 0 Å². The quantitative estimate of drug-likeness (QED) is 0.775. The smallest absolute Gasteiger partial charge is 0.0509 e. The third-order valence-corrected chi connectivity index (χ3v) is 4.00. The first-order chi connectivity index (χ1) is 9.28. The van der Waals surface area contributed by atoms with Crippen molar-refractivity contribution < 1.29 is 0 Å². The molecule has 1 aromatic heterocycles. The number of anilines is 1. The molecule has 2 heterocycles. The van der Waals surface area contributed by atoms with E-state index in [0.29, 0.717) is 5.88 Å². The maximum Gasteiger partial charge on any atom is 0.0509 e. The van der Waals surface area contributed by atoms with Crippen molar-refractivity contribution >= 4 is 17.3 Å². The summed E-state index contributed by atoms with van der Waals surface area (Å²) >= 11 is 6.04. The number of halogens is 1. The maximum absolute atomic E-state index is 6.04. The summed E-state index contributed by atoms with van der Waals surface area (Å²) in [5.74, 6) is 0.515. The van der Waals surface area contributed by atoms with Crippen LogP contribution in [0.5, 0.6) is 0 Å². The predicted octanol–water partition coefficient (Wildman–Crippen LogP) is 3.69. The number of pyridine rings is 1. The van der Waals surface area contributed by atoms with Gasteiger partial charge in [-0.1, -0.05) is 24.3 Å². The average Bonchev–Trinajstić information content (AvgIpc) is 2.46. The van der Waals surface area contributed by atoms with Crippen molar-refractivity contribution in [2.75, 3.05) is 11.4 Å². The van der Waals surface area contributed by atoms with Crippen molar-refractivity contribution in [3.05, 3.63) is 58.9 Å². The highest BCUT2D eigenvalue weighted by Crippen LogP contribution is 2.28. The molecule has 0 aliphatic carbocycles. The first kappa shape index (κ1) is 12.5. The molecule has 2 aromatic rings. The third kappa shape index (κ3) is 2.45. The van der Waals surface area contributed by atoms with E-state index in [0.717, 1.165) is 30.8 Å². The lowest BCUT2D eigenvalue weighted by molar-refractivity contribution is 0.727. The van der Waals surface area contributed by atoms with E-state index in [9.17, 15) is 0 Å². The van der Waals surface area contributed by atoms with Gasteiger partial charge in [0.05, 0.1) is 5.88 Å². The molecule has 0 spiro atoms. The largest absolute Gasteiger partial charge is 0.367 e. The molecule has 1 aliphatic rings. The van der Waals surface area contributed by atoms with Crippen LogP contribution in [0, 0.1) is 6.92 Å². The molecule has 0 saturated carbocycles. The summed E-state index contributed by atoms with van der Waals surface area (Å²) in [5.41, 5.74) is 6.28. The number of hydrogen-bond donors (Lipinski definition) is 0.